The molecule has 0 amide bonds. The molecular weight excluding hydrogens is 231 g/mol. The molecule has 0 aliphatic carbocycles. The molecule has 0 aromatic heterocycles. The smallest absolute Gasteiger partial charge is 0.148 e. The van der Waals surface area contributed by atoms with Crippen LogP contribution in [0, 0.1) is 5.82 Å². The summed E-state index contributed by atoms with van der Waals surface area (Å²) in [6.07, 6.45) is 0. The number of hydrogen-bond donors (Lipinski definition) is 1. The molecule has 0 saturated carbocycles. The number of nitrogen functional groups attached to an aromatic ring is 1. The summed E-state index contributed by atoms with van der Waals surface area (Å²) in [4.78, 5) is 2.03. The van der Waals surface area contributed by atoms with Gasteiger partial charge in [-0.25, -0.2) is 4.39 Å². The molecule has 0 bridgehead atoms. The van der Waals surface area contributed by atoms with Crippen LogP contribution in [0.1, 0.15) is 27.7 Å². The predicted molar refractivity (Wildman–Crippen MR) is 72.3 cm³/mol. The van der Waals surface area contributed by atoms with E-state index in [0.717, 1.165) is 0 Å². The van der Waals surface area contributed by atoms with E-state index in [-0.39, 0.29) is 17.0 Å². The van der Waals surface area contributed by atoms with Crippen LogP contribution in [0.4, 0.5) is 15.8 Å². The molecule has 1 aliphatic heterocycles. The Bertz CT molecular complexity index is 441. The summed E-state index contributed by atoms with van der Waals surface area (Å²) in [6, 6.07) is 4.83. The maximum absolute atomic E-state index is 14.0. The Morgan fingerprint density at radius 1 is 1.17 bits per heavy atom. The highest BCUT2D eigenvalue weighted by Gasteiger charge is 2.38. The van der Waals surface area contributed by atoms with Gasteiger partial charge in [0, 0.05) is 18.8 Å². The highest BCUT2D eigenvalue weighted by Crippen LogP contribution is 2.32. The highest BCUT2D eigenvalue weighted by atomic mass is 19.1. The SMILES string of the molecule is CC1(C)CN(c2ccc(N)cc2F)CC(C)(C)O1. The van der Waals surface area contributed by atoms with Crippen molar-refractivity contribution in [3.63, 3.8) is 0 Å². The molecule has 0 unspecified atom stereocenters. The lowest BCUT2D eigenvalue weighted by molar-refractivity contribution is -0.133. The molecule has 1 fully saturated rings. The van der Waals surface area contributed by atoms with Crippen molar-refractivity contribution in [2.75, 3.05) is 23.7 Å². The topological polar surface area (TPSA) is 38.5 Å². The van der Waals surface area contributed by atoms with Gasteiger partial charge in [-0.2, -0.15) is 0 Å². The molecule has 100 valence electrons. The minimum absolute atomic E-state index is 0.275. The van der Waals surface area contributed by atoms with Gasteiger partial charge in [-0.05, 0) is 45.9 Å². The van der Waals surface area contributed by atoms with Crippen LogP contribution < -0.4 is 10.6 Å². The van der Waals surface area contributed by atoms with Crippen molar-refractivity contribution in [1.82, 2.24) is 0 Å². The quantitative estimate of drug-likeness (QED) is 0.781. The number of anilines is 2. The fourth-order valence-electron chi connectivity index (χ4n) is 2.74. The lowest BCUT2D eigenvalue weighted by Gasteiger charge is -2.48. The normalized spacial score (nSPS) is 21.9. The van der Waals surface area contributed by atoms with Crippen molar-refractivity contribution in [2.45, 2.75) is 38.9 Å². The van der Waals surface area contributed by atoms with Crippen LogP contribution in [-0.2, 0) is 4.74 Å². The Hall–Kier alpha value is -1.29. The fourth-order valence-corrected chi connectivity index (χ4v) is 2.74. The molecule has 1 aromatic carbocycles. The van der Waals surface area contributed by atoms with Gasteiger partial charge in [-0.1, -0.05) is 0 Å². The largest absolute Gasteiger partial charge is 0.399 e. The molecule has 2 rings (SSSR count). The maximum atomic E-state index is 14.0. The third-order valence-corrected chi connectivity index (χ3v) is 3.01. The molecule has 0 spiro atoms. The molecule has 0 radical (unpaired) electrons. The second-order valence-electron chi connectivity index (χ2n) is 6.19. The monoisotopic (exact) mass is 252 g/mol. The molecule has 1 heterocycles. The summed E-state index contributed by atoms with van der Waals surface area (Å²) >= 11 is 0. The van der Waals surface area contributed by atoms with Crippen molar-refractivity contribution in [2.24, 2.45) is 0 Å². The average Bonchev–Trinajstić information content (AvgIpc) is 2.11. The van der Waals surface area contributed by atoms with E-state index < -0.39 is 0 Å². The number of ether oxygens (including phenoxy) is 1. The summed E-state index contributed by atoms with van der Waals surface area (Å²) in [5.74, 6) is -0.275. The van der Waals surface area contributed by atoms with Crippen LogP contribution in [0.5, 0.6) is 0 Å². The molecule has 18 heavy (non-hydrogen) atoms. The molecule has 4 heteroatoms. The summed E-state index contributed by atoms with van der Waals surface area (Å²) in [6.45, 7) is 9.42. The standard InChI is InChI=1S/C14H21FN2O/c1-13(2)8-17(9-14(3,4)18-13)12-6-5-10(16)7-11(12)15/h5-7H,8-9,16H2,1-4H3. The summed E-state index contributed by atoms with van der Waals surface area (Å²) in [5, 5.41) is 0. The Balaban J connectivity index is 2.32. The van der Waals surface area contributed by atoms with Gasteiger partial charge in [0.15, 0.2) is 0 Å². The minimum Gasteiger partial charge on any atom is -0.399 e. The third kappa shape index (κ3) is 2.75. The molecule has 0 atom stereocenters. The lowest BCUT2D eigenvalue weighted by Crippen LogP contribution is -2.57. The zero-order valence-corrected chi connectivity index (χ0v) is 11.5. The summed E-state index contributed by atoms with van der Waals surface area (Å²) in [5.41, 5.74) is 6.03. The average molecular weight is 252 g/mol. The second kappa shape index (κ2) is 4.12. The number of nitrogens with two attached hydrogens (primary N) is 1. The van der Waals surface area contributed by atoms with E-state index in [2.05, 4.69) is 0 Å². The first-order valence-electron chi connectivity index (χ1n) is 6.19. The van der Waals surface area contributed by atoms with E-state index in [1.54, 1.807) is 12.1 Å². The van der Waals surface area contributed by atoms with Crippen molar-refractivity contribution in [3.8, 4) is 0 Å². The fraction of sp³-hybridized carbons (Fsp3) is 0.571. The van der Waals surface area contributed by atoms with Crippen LogP contribution in [0.25, 0.3) is 0 Å². The first-order chi connectivity index (χ1) is 8.19. The van der Waals surface area contributed by atoms with Crippen LogP contribution in [0.15, 0.2) is 18.2 Å². The Morgan fingerprint density at radius 3 is 2.22 bits per heavy atom. The van der Waals surface area contributed by atoms with Crippen LogP contribution in [-0.4, -0.2) is 24.3 Å². The zero-order chi connectivity index (χ0) is 13.6. The van der Waals surface area contributed by atoms with Crippen molar-refractivity contribution < 1.29 is 9.13 Å². The molecule has 1 aliphatic rings. The van der Waals surface area contributed by atoms with Crippen molar-refractivity contribution in [1.29, 1.82) is 0 Å². The number of rotatable bonds is 1. The first-order valence-corrected chi connectivity index (χ1v) is 6.19. The van der Waals surface area contributed by atoms with Gasteiger partial charge in [-0.3, -0.25) is 0 Å². The number of nitrogens with zero attached hydrogens (tertiary/aromatic N) is 1. The predicted octanol–water partition coefficient (Wildman–Crippen LogP) is 2.80. The highest BCUT2D eigenvalue weighted by molar-refractivity contribution is 5.55. The van der Waals surface area contributed by atoms with Crippen LogP contribution >= 0.6 is 0 Å². The third-order valence-electron chi connectivity index (χ3n) is 3.01. The molecule has 1 saturated heterocycles. The second-order valence-corrected chi connectivity index (χ2v) is 6.19. The van der Waals surface area contributed by atoms with Gasteiger partial charge in [0.1, 0.15) is 5.82 Å². The zero-order valence-electron chi connectivity index (χ0n) is 11.5. The van der Waals surface area contributed by atoms with Crippen molar-refractivity contribution in [3.05, 3.63) is 24.0 Å². The van der Waals surface area contributed by atoms with E-state index in [9.17, 15) is 4.39 Å². The number of morpholine rings is 1. The van der Waals surface area contributed by atoms with E-state index in [4.69, 9.17) is 10.5 Å². The Morgan fingerprint density at radius 2 is 1.72 bits per heavy atom. The van der Waals surface area contributed by atoms with E-state index in [0.29, 0.717) is 24.5 Å². The minimum atomic E-state index is -0.296. The van der Waals surface area contributed by atoms with Gasteiger partial charge in [-0.15, -0.1) is 0 Å². The van der Waals surface area contributed by atoms with Crippen LogP contribution in [0.2, 0.25) is 0 Å². The van der Waals surface area contributed by atoms with Gasteiger partial charge in [0.2, 0.25) is 0 Å². The van der Waals surface area contributed by atoms with E-state index >= 15 is 0 Å². The van der Waals surface area contributed by atoms with Gasteiger partial charge in [0.25, 0.3) is 0 Å². The Labute approximate surface area is 108 Å². The first kappa shape index (κ1) is 13.1. The number of halogens is 1. The van der Waals surface area contributed by atoms with E-state index in [1.807, 2.05) is 32.6 Å². The van der Waals surface area contributed by atoms with Crippen molar-refractivity contribution >= 4 is 11.4 Å². The van der Waals surface area contributed by atoms with E-state index in [1.165, 1.54) is 6.07 Å². The molecule has 2 N–H and O–H groups in total. The maximum Gasteiger partial charge on any atom is 0.148 e. The summed E-state index contributed by atoms with van der Waals surface area (Å²) in [7, 11) is 0. The Kier molecular flexibility index (Phi) is 3.01. The lowest BCUT2D eigenvalue weighted by atomic mass is 9.98. The van der Waals surface area contributed by atoms with Gasteiger partial charge in [0.05, 0.1) is 16.9 Å². The van der Waals surface area contributed by atoms with Gasteiger partial charge < -0.3 is 15.4 Å². The molecule has 3 nitrogen and oxygen atoms in total. The van der Waals surface area contributed by atoms with Gasteiger partial charge >= 0.3 is 0 Å². The molecule has 1 aromatic rings. The summed E-state index contributed by atoms with van der Waals surface area (Å²) < 4.78 is 20.0. The number of hydrogen-bond acceptors (Lipinski definition) is 3. The van der Waals surface area contributed by atoms with Crippen LogP contribution in [0.3, 0.4) is 0 Å². The molecular formula is C14H21FN2O. The number of benzene rings is 1.